The maximum Gasteiger partial charge on any atom is 0.426 e. The van der Waals surface area contributed by atoms with Crippen LogP contribution >= 0.6 is 27.3 Å². The van der Waals surface area contributed by atoms with Crippen LogP contribution in [-0.4, -0.2) is 17.8 Å². The van der Waals surface area contributed by atoms with Crippen LogP contribution in [0.5, 0.6) is 5.75 Å². The molecule has 4 rings (SSSR count). The SMILES string of the molecule is O=C(CBr)N1CCc2cc(OCc3cc(-c4ccccc4)c(C(F)(F)F)s3)ccc21. The second-order valence-corrected chi connectivity index (χ2v) is 8.52. The van der Waals surface area contributed by atoms with E-state index in [-0.39, 0.29) is 23.4 Å². The Hall–Kier alpha value is -2.32. The van der Waals surface area contributed by atoms with Crippen molar-refractivity contribution in [3.8, 4) is 16.9 Å². The molecule has 0 atom stereocenters. The van der Waals surface area contributed by atoms with Gasteiger partial charge in [-0.2, -0.15) is 13.2 Å². The lowest BCUT2D eigenvalue weighted by Crippen LogP contribution is -2.29. The summed E-state index contributed by atoms with van der Waals surface area (Å²) in [5, 5.41) is 0.258. The molecule has 0 unspecified atom stereocenters. The highest BCUT2D eigenvalue weighted by atomic mass is 79.9. The topological polar surface area (TPSA) is 29.5 Å². The molecule has 1 aliphatic heterocycles. The molecule has 0 bridgehead atoms. The van der Waals surface area contributed by atoms with E-state index in [9.17, 15) is 18.0 Å². The van der Waals surface area contributed by atoms with Crippen molar-refractivity contribution in [3.63, 3.8) is 0 Å². The van der Waals surface area contributed by atoms with E-state index in [4.69, 9.17) is 4.74 Å². The number of hydrogen-bond donors (Lipinski definition) is 0. The summed E-state index contributed by atoms with van der Waals surface area (Å²) in [6, 6.07) is 15.5. The Bertz CT molecular complexity index is 1070. The number of fused-ring (bicyclic) bond motifs is 1. The molecule has 1 aromatic heterocycles. The average molecular weight is 496 g/mol. The summed E-state index contributed by atoms with van der Waals surface area (Å²) >= 11 is 3.89. The zero-order valence-corrected chi connectivity index (χ0v) is 18.1. The zero-order valence-electron chi connectivity index (χ0n) is 15.7. The third-order valence-electron chi connectivity index (χ3n) is 4.87. The summed E-state index contributed by atoms with van der Waals surface area (Å²) in [7, 11) is 0. The number of amides is 1. The van der Waals surface area contributed by atoms with Gasteiger partial charge >= 0.3 is 6.18 Å². The molecular formula is C22H17BrF3NO2S. The Balaban J connectivity index is 1.54. The molecule has 3 nitrogen and oxygen atoms in total. The largest absolute Gasteiger partial charge is 0.488 e. The molecule has 2 heterocycles. The van der Waals surface area contributed by atoms with Crippen molar-refractivity contribution in [2.75, 3.05) is 16.8 Å². The lowest BCUT2D eigenvalue weighted by Gasteiger charge is -2.16. The number of rotatable bonds is 5. The van der Waals surface area contributed by atoms with Crippen molar-refractivity contribution in [1.29, 1.82) is 0 Å². The second kappa shape index (κ2) is 8.43. The van der Waals surface area contributed by atoms with Crippen LogP contribution in [0.4, 0.5) is 18.9 Å². The number of nitrogens with zero attached hydrogens (tertiary/aromatic N) is 1. The minimum absolute atomic E-state index is 0.00544. The number of carbonyl (C=O) groups excluding carboxylic acids is 1. The lowest BCUT2D eigenvalue weighted by molar-refractivity contribution is -0.133. The number of benzene rings is 2. The van der Waals surface area contributed by atoms with Crippen LogP contribution in [0.2, 0.25) is 0 Å². The third-order valence-corrected chi connectivity index (χ3v) is 6.50. The fourth-order valence-electron chi connectivity index (χ4n) is 3.51. The van der Waals surface area contributed by atoms with Crippen LogP contribution < -0.4 is 9.64 Å². The first-order valence-electron chi connectivity index (χ1n) is 9.24. The van der Waals surface area contributed by atoms with Crippen LogP contribution in [0.15, 0.2) is 54.6 Å². The van der Waals surface area contributed by atoms with Crippen LogP contribution in [-0.2, 0) is 24.0 Å². The zero-order chi connectivity index (χ0) is 21.3. The highest BCUT2D eigenvalue weighted by Gasteiger charge is 2.36. The molecule has 0 radical (unpaired) electrons. The fraction of sp³-hybridized carbons (Fsp3) is 0.227. The van der Waals surface area contributed by atoms with Gasteiger partial charge in [-0.25, -0.2) is 0 Å². The monoisotopic (exact) mass is 495 g/mol. The molecule has 1 aliphatic rings. The Morgan fingerprint density at radius 1 is 1.13 bits per heavy atom. The summed E-state index contributed by atoms with van der Waals surface area (Å²) in [5.74, 6) is 0.569. The highest BCUT2D eigenvalue weighted by molar-refractivity contribution is 9.09. The van der Waals surface area contributed by atoms with E-state index in [2.05, 4.69) is 15.9 Å². The highest BCUT2D eigenvalue weighted by Crippen LogP contribution is 2.43. The van der Waals surface area contributed by atoms with Gasteiger partial charge < -0.3 is 9.64 Å². The van der Waals surface area contributed by atoms with Gasteiger partial charge in [-0.3, -0.25) is 4.79 Å². The van der Waals surface area contributed by atoms with Crippen molar-refractivity contribution in [3.05, 3.63) is 69.9 Å². The standard InChI is InChI=1S/C22H17BrF3NO2S/c23-12-20(28)27-9-8-15-10-16(6-7-19(15)27)29-13-17-11-18(14-4-2-1-3-5-14)21(30-17)22(24,25)26/h1-7,10-11H,8-9,12-13H2. The number of halogens is 4. The predicted octanol–water partition coefficient (Wildman–Crippen LogP) is 6.30. The van der Waals surface area contributed by atoms with Gasteiger partial charge in [-0.05, 0) is 41.8 Å². The Morgan fingerprint density at radius 3 is 2.60 bits per heavy atom. The third kappa shape index (κ3) is 4.25. The number of ether oxygens (including phenoxy) is 1. The minimum atomic E-state index is -4.42. The van der Waals surface area contributed by atoms with E-state index in [0.717, 1.165) is 17.7 Å². The van der Waals surface area contributed by atoms with Gasteiger partial charge in [0.05, 0.1) is 5.33 Å². The number of anilines is 1. The van der Waals surface area contributed by atoms with Gasteiger partial charge in [0, 0.05) is 22.7 Å². The molecule has 0 fully saturated rings. The van der Waals surface area contributed by atoms with Crippen LogP contribution in [0, 0.1) is 0 Å². The number of alkyl halides is 4. The number of thiophene rings is 1. The number of carbonyl (C=O) groups is 1. The van der Waals surface area contributed by atoms with E-state index in [0.29, 0.717) is 34.1 Å². The Kier molecular flexibility index (Phi) is 5.88. The first-order chi connectivity index (χ1) is 14.4. The first kappa shape index (κ1) is 20.9. The summed E-state index contributed by atoms with van der Waals surface area (Å²) in [6.07, 6.45) is -3.70. The molecule has 0 N–H and O–H groups in total. The van der Waals surface area contributed by atoms with Gasteiger partial charge in [0.1, 0.15) is 17.2 Å². The van der Waals surface area contributed by atoms with E-state index in [1.54, 1.807) is 47.4 Å². The maximum absolute atomic E-state index is 13.5. The molecule has 3 aromatic rings. The van der Waals surface area contributed by atoms with E-state index in [1.807, 2.05) is 12.1 Å². The van der Waals surface area contributed by atoms with Crippen LogP contribution in [0.3, 0.4) is 0 Å². The summed E-state index contributed by atoms with van der Waals surface area (Å²) < 4.78 is 46.4. The van der Waals surface area contributed by atoms with Crippen molar-refractivity contribution in [2.45, 2.75) is 19.2 Å². The van der Waals surface area contributed by atoms with Gasteiger partial charge in [0.25, 0.3) is 0 Å². The maximum atomic E-state index is 13.5. The van der Waals surface area contributed by atoms with E-state index < -0.39 is 11.1 Å². The average Bonchev–Trinajstić information content (AvgIpc) is 3.36. The second-order valence-electron chi connectivity index (χ2n) is 6.83. The van der Waals surface area contributed by atoms with E-state index in [1.165, 1.54) is 0 Å². The smallest absolute Gasteiger partial charge is 0.426 e. The molecule has 0 aliphatic carbocycles. The van der Waals surface area contributed by atoms with E-state index >= 15 is 0 Å². The molecule has 156 valence electrons. The van der Waals surface area contributed by atoms with Crippen molar-refractivity contribution in [1.82, 2.24) is 0 Å². The molecule has 0 saturated heterocycles. The van der Waals surface area contributed by atoms with Gasteiger partial charge in [0.15, 0.2) is 0 Å². The first-order valence-corrected chi connectivity index (χ1v) is 11.2. The normalized spacial score (nSPS) is 13.4. The summed E-state index contributed by atoms with van der Waals surface area (Å²) in [6.45, 7) is 0.660. The summed E-state index contributed by atoms with van der Waals surface area (Å²) in [4.78, 5) is 13.6. The molecule has 1 amide bonds. The van der Waals surface area contributed by atoms with Gasteiger partial charge in [-0.15, -0.1) is 11.3 Å². The molecule has 2 aromatic carbocycles. The van der Waals surface area contributed by atoms with Crippen molar-refractivity contribution < 1.29 is 22.7 Å². The van der Waals surface area contributed by atoms with Gasteiger partial charge in [0.2, 0.25) is 5.91 Å². The minimum Gasteiger partial charge on any atom is -0.488 e. The van der Waals surface area contributed by atoms with Crippen LogP contribution in [0.25, 0.3) is 11.1 Å². The van der Waals surface area contributed by atoms with Crippen LogP contribution in [0.1, 0.15) is 15.3 Å². The van der Waals surface area contributed by atoms with Crippen molar-refractivity contribution in [2.24, 2.45) is 0 Å². The Morgan fingerprint density at radius 2 is 1.90 bits per heavy atom. The van der Waals surface area contributed by atoms with Gasteiger partial charge in [-0.1, -0.05) is 46.3 Å². The fourth-order valence-corrected chi connectivity index (χ4v) is 4.77. The Labute approximate surface area is 184 Å². The van der Waals surface area contributed by atoms with Crippen molar-refractivity contribution >= 4 is 38.9 Å². The molecule has 0 saturated carbocycles. The summed E-state index contributed by atoms with van der Waals surface area (Å²) in [5.41, 5.74) is 2.55. The molecular weight excluding hydrogens is 479 g/mol. The quantitative estimate of drug-likeness (QED) is 0.389. The molecule has 30 heavy (non-hydrogen) atoms. The number of hydrogen-bond acceptors (Lipinski definition) is 3. The lowest BCUT2D eigenvalue weighted by atomic mass is 10.1. The predicted molar refractivity (Wildman–Crippen MR) is 115 cm³/mol. The molecule has 0 spiro atoms. The molecule has 8 heteroatoms.